The number of hydrogen-bond acceptors (Lipinski definition) is 3. The van der Waals surface area contributed by atoms with E-state index in [-0.39, 0.29) is 36.5 Å². The van der Waals surface area contributed by atoms with Gasteiger partial charge in [0.15, 0.2) is 0 Å². The Labute approximate surface area is 125 Å². The Bertz CT molecular complexity index is 430. The van der Waals surface area contributed by atoms with Crippen molar-refractivity contribution in [3.8, 4) is 0 Å². The number of hydrogen-bond donors (Lipinski definition) is 2. The first kappa shape index (κ1) is 17.3. The van der Waals surface area contributed by atoms with Gasteiger partial charge in [-0.2, -0.15) is 0 Å². The highest BCUT2D eigenvalue weighted by atomic mass is 16.4. The Hall–Kier alpha value is -1.79. The first-order valence-corrected chi connectivity index (χ1v) is 7.07. The fourth-order valence-corrected chi connectivity index (χ4v) is 2.31. The fourth-order valence-electron chi connectivity index (χ4n) is 2.31. The lowest BCUT2D eigenvalue weighted by Gasteiger charge is -2.32. The van der Waals surface area contributed by atoms with Gasteiger partial charge in [0.05, 0.1) is 12.0 Å². The van der Waals surface area contributed by atoms with Crippen molar-refractivity contribution >= 4 is 17.9 Å². The molecule has 0 spiro atoms. The number of likely N-dealkylation sites (tertiary alicyclic amines) is 1. The van der Waals surface area contributed by atoms with Crippen molar-refractivity contribution in [1.82, 2.24) is 15.1 Å². The minimum atomic E-state index is -0.940. The molecule has 120 valence electrons. The van der Waals surface area contributed by atoms with Gasteiger partial charge < -0.3 is 20.2 Å². The molecule has 3 amide bonds. The van der Waals surface area contributed by atoms with Crippen LogP contribution in [0.25, 0.3) is 0 Å². The molecule has 0 aliphatic carbocycles. The first-order valence-electron chi connectivity index (χ1n) is 7.07. The van der Waals surface area contributed by atoms with Gasteiger partial charge in [0, 0.05) is 32.1 Å². The lowest BCUT2D eigenvalue weighted by molar-refractivity contribution is -0.141. The average Bonchev–Trinajstić information content (AvgIpc) is 2.69. The molecule has 21 heavy (non-hydrogen) atoms. The third-order valence-corrected chi connectivity index (χ3v) is 3.58. The lowest BCUT2D eigenvalue weighted by Crippen LogP contribution is -2.47. The van der Waals surface area contributed by atoms with Crippen LogP contribution >= 0.6 is 0 Å². The quantitative estimate of drug-likeness (QED) is 0.801. The van der Waals surface area contributed by atoms with E-state index in [1.165, 1.54) is 4.90 Å². The summed E-state index contributed by atoms with van der Waals surface area (Å²) in [5, 5.41) is 11.6. The van der Waals surface area contributed by atoms with E-state index < -0.39 is 11.9 Å². The summed E-state index contributed by atoms with van der Waals surface area (Å²) in [5.41, 5.74) is -0.264. The van der Waals surface area contributed by atoms with E-state index >= 15 is 0 Å². The standard InChI is InChI=1S/C14H25N3O4/c1-9(12(19)20)7-16(5)13(21)15-10-6-11(18)17(8-10)14(2,3)4/h9-10H,6-8H2,1-5H3,(H,15,21)(H,19,20). The minimum Gasteiger partial charge on any atom is -0.481 e. The van der Waals surface area contributed by atoms with Gasteiger partial charge in [-0.15, -0.1) is 0 Å². The second-order valence-corrected chi connectivity index (χ2v) is 6.65. The van der Waals surface area contributed by atoms with Crippen LogP contribution in [0.2, 0.25) is 0 Å². The van der Waals surface area contributed by atoms with Gasteiger partial charge in [0.25, 0.3) is 0 Å². The van der Waals surface area contributed by atoms with E-state index in [0.717, 1.165) is 0 Å². The summed E-state index contributed by atoms with van der Waals surface area (Å²) in [5.74, 6) is -1.55. The minimum absolute atomic E-state index is 0.0226. The highest BCUT2D eigenvalue weighted by molar-refractivity contribution is 5.82. The highest BCUT2D eigenvalue weighted by Crippen LogP contribution is 2.21. The SMILES string of the molecule is CC(CN(C)C(=O)NC1CC(=O)N(C(C)(C)C)C1)C(=O)O. The van der Waals surface area contributed by atoms with Crippen molar-refractivity contribution < 1.29 is 19.5 Å². The molecule has 0 aromatic heterocycles. The van der Waals surface area contributed by atoms with Crippen LogP contribution in [0.5, 0.6) is 0 Å². The maximum atomic E-state index is 12.0. The van der Waals surface area contributed by atoms with E-state index in [1.54, 1.807) is 18.9 Å². The molecular formula is C14H25N3O4. The predicted molar refractivity (Wildman–Crippen MR) is 77.8 cm³/mol. The van der Waals surface area contributed by atoms with Gasteiger partial charge >= 0.3 is 12.0 Å². The number of carboxylic acid groups (broad SMARTS) is 1. The topological polar surface area (TPSA) is 90.0 Å². The second-order valence-electron chi connectivity index (χ2n) is 6.65. The van der Waals surface area contributed by atoms with Crippen LogP contribution in [0.4, 0.5) is 4.79 Å². The molecule has 1 aliphatic rings. The molecule has 0 radical (unpaired) electrons. The van der Waals surface area contributed by atoms with E-state index in [4.69, 9.17) is 5.11 Å². The number of amides is 3. The van der Waals surface area contributed by atoms with Crippen LogP contribution in [0.1, 0.15) is 34.1 Å². The second kappa shape index (κ2) is 6.32. The summed E-state index contributed by atoms with van der Waals surface area (Å²) in [6.07, 6.45) is 0.283. The first-order chi connectivity index (χ1) is 9.52. The number of carbonyl (C=O) groups is 3. The Kier molecular flexibility index (Phi) is 5.20. The van der Waals surface area contributed by atoms with Crippen molar-refractivity contribution in [1.29, 1.82) is 0 Å². The largest absolute Gasteiger partial charge is 0.481 e. The van der Waals surface area contributed by atoms with Gasteiger partial charge in [-0.3, -0.25) is 9.59 Å². The Morgan fingerprint density at radius 3 is 2.48 bits per heavy atom. The number of aliphatic carboxylic acids is 1. The van der Waals surface area contributed by atoms with E-state index in [0.29, 0.717) is 6.54 Å². The molecule has 7 nitrogen and oxygen atoms in total. The summed E-state index contributed by atoms with van der Waals surface area (Å²) < 4.78 is 0. The Balaban J connectivity index is 2.53. The molecule has 0 saturated carbocycles. The van der Waals surface area contributed by atoms with Gasteiger partial charge in [-0.1, -0.05) is 6.92 Å². The highest BCUT2D eigenvalue weighted by Gasteiger charge is 2.37. The smallest absolute Gasteiger partial charge is 0.317 e. The number of rotatable bonds is 4. The lowest BCUT2D eigenvalue weighted by atomic mass is 10.1. The van der Waals surface area contributed by atoms with Crippen LogP contribution in [-0.2, 0) is 9.59 Å². The molecule has 0 bridgehead atoms. The maximum Gasteiger partial charge on any atom is 0.317 e. The summed E-state index contributed by atoms with van der Waals surface area (Å²) >= 11 is 0. The zero-order chi connectivity index (χ0) is 16.4. The third-order valence-electron chi connectivity index (χ3n) is 3.58. The zero-order valence-electron chi connectivity index (χ0n) is 13.3. The molecule has 1 saturated heterocycles. The maximum absolute atomic E-state index is 12.0. The molecule has 0 aromatic carbocycles. The number of urea groups is 1. The molecule has 2 atom stereocenters. The normalized spacial score (nSPS) is 20.3. The monoisotopic (exact) mass is 299 g/mol. The van der Waals surface area contributed by atoms with Crippen molar-refractivity contribution in [2.45, 2.75) is 45.7 Å². The Morgan fingerprint density at radius 2 is 2.05 bits per heavy atom. The Morgan fingerprint density at radius 1 is 1.48 bits per heavy atom. The molecule has 1 rings (SSSR count). The average molecular weight is 299 g/mol. The molecule has 1 fully saturated rings. The van der Waals surface area contributed by atoms with E-state index in [2.05, 4.69) is 5.32 Å². The van der Waals surface area contributed by atoms with E-state index in [1.807, 2.05) is 20.8 Å². The number of carboxylic acids is 1. The molecule has 7 heteroatoms. The van der Waals surface area contributed by atoms with Crippen molar-refractivity contribution in [2.75, 3.05) is 20.1 Å². The summed E-state index contributed by atoms with van der Waals surface area (Å²) in [4.78, 5) is 37.8. The van der Waals surface area contributed by atoms with Crippen LogP contribution in [0.3, 0.4) is 0 Å². The summed E-state index contributed by atoms with van der Waals surface area (Å²) in [6, 6.07) is -0.580. The van der Waals surface area contributed by atoms with Crippen LogP contribution in [0.15, 0.2) is 0 Å². The van der Waals surface area contributed by atoms with Gasteiger partial charge in [0.2, 0.25) is 5.91 Å². The number of nitrogens with one attached hydrogen (secondary N) is 1. The van der Waals surface area contributed by atoms with Crippen LogP contribution in [0, 0.1) is 5.92 Å². The van der Waals surface area contributed by atoms with Crippen LogP contribution in [-0.4, -0.2) is 64.5 Å². The van der Waals surface area contributed by atoms with Crippen molar-refractivity contribution in [3.05, 3.63) is 0 Å². The summed E-state index contributed by atoms with van der Waals surface area (Å²) in [7, 11) is 1.55. The van der Waals surface area contributed by atoms with E-state index in [9.17, 15) is 14.4 Å². The zero-order valence-corrected chi connectivity index (χ0v) is 13.3. The molecule has 1 heterocycles. The van der Waals surface area contributed by atoms with Gasteiger partial charge in [0.1, 0.15) is 0 Å². The fraction of sp³-hybridized carbons (Fsp3) is 0.786. The number of nitrogens with zero attached hydrogens (tertiary/aromatic N) is 2. The molecule has 1 aliphatic heterocycles. The number of carbonyl (C=O) groups excluding carboxylic acids is 2. The molecule has 0 aromatic rings. The molecular weight excluding hydrogens is 274 g/mol. The molecule has 2 unspecified atom stereocenters. The van der Waals surface area contributed by atoms with Crippen LogP contribution < -0.4 is 5.32 Å². The summed E-state index contributed by atoms with van der Waals surface area (Å²) in [6.45, 7) is 8.02. The van der Waals surface area contributed by atoms with Gasteiger partial charge in [-0.25, -0.2) is 4.79 Å². The predicted octanol–water partition coefficient (Wildman–Crippen LogP) is 0.748. The van der Waals surface area contributed by atoms with Crippen molar-refractivity contribution in [3.63, 3.8) is 0 Å². The van der Waals surface area contributed by atoms with Crippen molar-refractivity contribution in [2.24, 2.45) is 5.92 Å². The molecule has 2 N–H and O–H groups in total. The van der Waals surface area contributed by atoms with Gasteiger partial charge in [-0.05, 0) is 20.8 Å². The third kappa shape index (κ3) is 4.61.